The third-order valence-corrected chi connectivity index (χ3v) is 4.25. The second-order valence-corrected chi connectivity index (χ2v) is 5.54. The number of hydrogen-bond donors (Lipinski definition) is 2. The number of carboxylic acid groups (broad SMARTS) is 1. The van der Waals surface area contributed by atoms with E-state index in [-0.39, 0.29) is 0 Å². The van der Waals surface area contributed by atoms with Gasteiger partial charge in [0.2, 0.25) is 5.88 Å². The molecule has 1 aromatic rings. The van der Waals surface area contributed by atoms with Gasteiger partial charge in [-0.05, 0) is 38.5 Å². The Balaban J connectivity index is 2.13. The summed E-state index contributed by atoms with van der Waals surface area (Å²) in [6.07, 6.45) is 5.60. The lowest BCUT2D eigenvalue weighted by molar-refractivity contribution is -0.143. The van der Waals surface area contributed by atoms with Crippen molar-refractivity contribution in [2.24, 2.45) is 5.92 Å². The van der Waals surface area contributed by atoms with Crippen LogP contribution >= 0.6 is 0 Å². The number of ether oxygens (including phenoxy) is 1. The van der Waals surface area contributed by atoms with Crippen LogP contribution in [-0.2, 0) is 4.79 Å². The Morgan fingerprint density at radius 2 is 2.14 bits per heavy atom. The Kier molecular flexibility index (Phi) is 4.98. The first-order chi connectivity index (χ1) is 10.1. The van der Waals surface area contributed by atoms with E-state index in [1.807, 2.05) is 6.92 Å². The zero-order chi connectivity index (χ0) is 15.3. The van der Waals surface area contributed by atoms with Crippen molar-refractivity contribution < 1.29 is 14.6 Å². The van der Waals surface area contributed by atoms with E-state index in [2.05, 4.69) is 22.2 Å². The molecule has 6 heteroatoms. The largest absolute Gasteiger partial charge is 0.480 e. The Morgan fingerprint density at radius 1 is 1.43 bits per heavy atom. The van der Waals surface area contributed by atoms with Gasteiger partial charge in [-0.3, -0.25) is 0 Å². The lowest BCUT2D eigenvalue weighted by Crippen LogP contribution is -2.49. The van der Waals surface area contributed by atoms with E-state index in [4.69, 9.17) is 4.74 Å². The molecule has 0 bridgehead atoms. The first kappa shape index (κ1) is 15.5. The highest BCUT2D eigenvalue weighted by Crippen LogP contribution is 2.36. The highest BCUT2D eigenvalue weighted by molar-refractivity contribution is 5.82. The van der Waals surface area contributed by atoms with Crippen molar-refractivity contribution in [1.29, 1.82) is 0 Å². The van der Waals surface area contributed by atoms with E-state index >= 15 is 0 Å². The molecule has 0 unspecified atom stereocenters. The zero-order valence-corrected chi connectivity index (χ0v) is 12.6. The molecule has 1 heterocycles. The quantitative estimate of drug-likeness (QED) is 0.839. The maximum Gasteiger partial charge on any atom is 0.329 e. The maximum absolute atomic E-state index is 11.7. The molecule has 1 saturated carbocycles. The predicted octanol–water partition coefficient (Wildman–Crippen LogP) is 2.71. The van der Waals surface area contributed by atoms with Crippen molar-refractivity contribution in [2.75, 3.05) is 11.9 Å². The van der Waals surface area contributed by atoms with Gasteiger partial charge in [0, 0.05) is 6.07 Å². The molecule has 116 valence electrons. The maximum atomic E-state index is 11.7. The van der Waals surface area contributed by atoms with Crippen LogP contribution in [0.2, 0.25) is 0 Å². The van der Waals surface area contributed by atoms with Gasteiger partial charge in [0.1, 0.15) is 17.7 Å². The second kappa shape index (κ2) is 6.74. The lowest BCUT2D eigenvalue weighted by atomic mass is 9.75. The summed E-state index contributed by atoms with van der Waals surface area (Å²) in [5.74, 6) is 0.779. The van der Waals surface area contributed by atoms with Gasteiger partial charge in [0.05, 0.1) is 6.61 Å². The zero-order valence-electron chi connectivity index (χ0n) is 12.6. The minimum absolute atomic E-state index is 0.456. The minimum Gasteiger partial charge on any atom is -0.480 e. The monoisotopic (exact) mass is 293 g/mol. The van der Waals surface area contributed by atoms with E-state index in [1.165, 1.54) is 6.33 Å². The van der Waals surface area contributed by atoms with Crippen LogP contribution in [-0.4, -0.2) is 33.2 Å². The van der Waals surface area contributed by atoms with Crippen LogP contribution in [0.15, 0.2) is 12.4 Å². The van der Waals surface area contributed by atoms with Crippen molar-refractivity contribution in [3.63, 3.8) is 0 Å². The number of aromatic nitrogens is 2. The summed E-state index contributed by atoms with van der Waals surface area (Å²) in [6.45, 7) is 4.54. The van der Waals surface area contributed by atoms with Crippen molar-refractivity contribution >= 4 is 11.8 Å². The molecule has 0 atom stereocenters. The molecular formula is C15H23N3O3. The number of hydrogen-bond acceptors (Lipinski definition) is 5. The number of carboxylic acids is 1. The predicted molar refractivity (Wildman–Crippen MR) is 79.4 cm³/mol. The standard InChI is InChI=1S/C15H23N3O3/c1-3-11-5-7-15(8-6-11,14(19)20)18-12-9-13(21-4-2)17-10-16-12/h9-11H,3-8H2,1-2H3,(H,19,20)(H,16,17,18). The van der Waals surface area contributed by atoms with Gasteiger partial charge in [0.25, 0.3) is 0 Å². The van der Waals surface area contributed by atoms with Gasteiger partial charge in [-0.15, -0.1) is 0 Å². The molecule has 1 aliphatic carbocycles. The fourth-order valence-corrected chi connectivity index (χ4v) is 2.85. The number of anilines is 1. The summed E-state index contributed by atoms with van der Waals surface area (Å²) in [7, 11) is 0. The molecule has 0 radical (unpaired) electrons. The third-order valence-electron chi connectivity index (χ3n) is 4.25. The van der Waals surface area contributed by atoms with Gasteiger partial charge in [-0.2, -0.15) is 0 Å². The average molecular weight is 293 g/mol. The highest BCUT2D eigenvalue weighted by Gasteiger charge is 2.42. The Morgan fingerprint density at radius 3 is 2.71 bits per heavy atom. The summed E-state index contributed by atoms with van der Waals surface area (Å²) in [5, 5.41) is 12.8. The van der Waals surface area contributed by atoms with E-state index < -0.39 is 11.5 Å². The SMILES string of the molecule is CCOc1cc(NC2(C(=O)O)CCC(CC)CC2)ncn1. The van der Waals surface area contributed by atoms with Crippen LogP contribution in [0.4, 0.5) is 5.82 Å². The van der Waals surface area contributed by atoms with Crippen molar-refractivity contribution in [3.8, 4) is 5.88 Å². The van der Waals surface area contributed by atoms with Crippen LogP contribution in [0, 0.1) is 5.92 Å². The summed E-state index contributed by atoms with van der Waals surface area (Å²) in [5.41, 5.74) is -0.927. The van der Waals surface area contributed by atoms with Crippen LogP contribution in [0.3, 0.4) is 0 Å². The summed E-state index contributed by atoms with van der Waals surface area (Å²) in [4.78, 5) is 19.9. The number of carbonyl (C=O) groups is 1. The fraction of sp³-hybridized carbons (Fsp3) is 0.667. The molecule has 6 nitrogen and oxygen atoms in total. The molecular weight excluding hydrogens is 270 g/mol. The normalized spacial score (nSPS) is 25.3. The van der Waals surface area contributed by atoms with Crippen LogP contribution < -0.4 is 10.1 Å². The average Bonchev–Trinajstić information content (AvgIpc) is 2.48. The molecule has 0 aromatic carbocycles. The molecule has 1 aliphatic rings. The summed E-state index contributed by atoms with van der Waals surface area (Å²) >= 11 is 0. The number of nitrogens with zero attached hydrogens (tertiary/aromatic N) is 2. The van der Waals surface area contributed by atoms with E-state index in [0.29, 0.717) is 37.1 Å². The summed E-state index contributed by atoms with van der Waals surface area (Å²) in [6, 6.07) is 1.65. The molecule has 21 heavy (non-hydrogen) atoms. The number of aliphatic carboxylic acids is 1. The molecule has 1 aromatic heterocycles. The molecule has 2 rings (SSSR count). The molecule has 0 spiro atoms. The molecule has 2 N–H and O–H groups in total. The van der Waals surface area contributed by atoms with Gasteiger partial charge < -0.3 is 15.2 Å². The number of rotatable bonds is 6. The van der Waals surface area contributed by atoms with Crippen LogP contribution in [0.5, 0.6) is 5.88 Å². The minimum atomic E-state index is -0.927. The van der Waals surface area contributed by atoms with Gasteiger partial charge in [-0.25, -0.2) is 14.8 Å². The van der Waals surface area contributed by atoms with Gasteiger partial charge in [0.15, 0.2) is 0 Å². The van der Waals surface area contributed by atoms with Crippen molar-refractivity contribution in [2.45, 2.75) is 51.5 Å². The molecule has 0 aliphatic heterocycles. The van der Waals surface area contributed by atoms with E-state index in [0.717, 1.165) is 19.3 Å². The first-order valence-corrected chi connectivity index (χ1v) is 7.56. The lowest BCUT2D eigenvalue weighted by Gasteiger charge is -2.37. The second-order valence-electron chi connectivity index (χ2n) is 5.54. The molecule has 1 fully saturated rings. The Hall–Kier alpha value is -1.85. The van der Waals surface area contributed by atoms with E-state index in [1.54, 1.807) is 6.07 Å². The number of nitrogens with one attached hydrogen (secondary N) is 1. The fourth-order valence-electron chi connectivity index (χ4n) is 2.85. The van der Waals surface area contributed by atoms with Gasteiger partial charge in [-0.1, -0.05) is 13.3 Å². The topological polar surface area (TPSA) is 84.3 Å². The Labute approximate surface area is 124 Å². The van der Waals surface area contributed by atoms with Crippen LogP contribution in [0.1, 0.15) is 46.0 Å². The van der Waals surface area contributed by atoms with Gasteiger partial charge >= 0.3 is 5.97 Å². The summed E-state index contributed by atoms with van der Waals surface area (Å²) < 4.78 is 5.32. The smallest absolute Gasteiger partial charge is 0.329 e. The van der Waals surface area contributed by atoms with Crippen molar-refractivity contribution in [1.82, 2.24) is 9.97 Å². The first-order valence-electron chi connectivity index (χ1n) is 7.56. The van der Waals surface area contributed by atoms with Crippen molar-refractivity contribution in [3.05, 3.63) is 12.4 Å². The Bertz CT molecular complexity index is 485. The highest BCUT2D eigenvalue weighted by atomic mass is 16.5. The van der Waals surface area contributed by atoms with E-state index in [9.17, 15) is 9.90 Å². The molecule has 0 amide bonds. The third kappa shape index (κ3) is 3.62. The molecule has 0 saturated heterocycles. The van der Waals surface area contributed by atoms with Crippen LogP contribution in [0.25, 0.3) is 0 Å².